The Bertz CT molecular complexity index is 1330. The van der Waals surface area contributed by atoms with E-state index in [-0.39, 0.29) is 0 Å². The molecule has 6 rings (SSSR count). The van der Waals surface area contributed by atoms with Crippen molar-refractivity contribution in [1.82, 2.24) is 0 Å². The van der Waals surface area contributed by atoms with E-state index in [0.29, 0.717) is 8.96 Å². The second-order valence-corrected chi connectivity index (χ2v) is 13.4. The van der Waals surface area contributed by atoms with Crippen molar-refractivity contribution in [3.63, 3.8) is 0 Å². The SMILES string of the molecule is COc1ccc([C@@]2(O)C(Br)=C(Br)[C@@]3(C)C=C[C@@H]2O3)cc1.COc1ccc([C@@]2(O)C(Br)=C(Br)[C@@]3(C)C=C[C@@H]2O3)cc1. The lowest BCUT2D eigenvalue weighted by molar-refractivity contribution is -0.103. The number of aliphatic hydroxyl groups is 2. The van der Waals surface area contributed by atoms with Crippen LogP contribution in [0.5, 0.6) is 11.5 Å². The number of rotatable bonds is 4. The molecule has 2 N–H and O–H groups in total. The lowest BCUT2D eigenvalue weighted by Crippen LogP contribution is -2.47. The zero-order chi connectivity index (χ0) is 29.1. The Balaban J connectivity index is 0.000000161. The fourth-order valence-electron chi connectivity index (χ4n) is 5.22. The quantitative estimate of drug-likeness (QED) is 0.318. The molecule has 0 radical (unpaired) electrons. The molecule has 0 saturated carbocycles. The second-order valence-electron chi connectivity index (χ2n) is 10.3. The van der Waals surface area contributed by atoms with Crippen LogP contribution in [0.25, 0.3) is 0 Å². The number of hydrogen-bond donors (Lipinski definition) is 2. The van der Waals surface area contributed by atoms with Crippen LogP contribution in [0.4, 0.5) is 0 Å². The van der Waals surface area contributed by atoms with Crippen molar-refractivity contribution < 1.29 is 29.2 Å². The minimum absolute atomic E-state index is 0.420. The number of benzene rings is 2. The largest absolute Gasteiger partial charge is 0.497 e. The van der Waals surface area contributed by atoms with Crippen molar-refractivity contribution in [1.29, 1.82) is 0 Å². The maximum atomic E-state index is 11.2. The molecule has 2 aromatic carbocycles. The summed E-state index contributed by atoms with van der Waals surface area (Å²) in [6, 6.07) is 14.7. The average molecular weight is 804 g/mol. The van der Waals surface area contributed by atoms with Crippen LogP contribution in [0.1, 0.15) is 25.0 Å². The molecule has 4 heterocycles. The third kappa shape index (κ3) is 4.63. The summed E-state index contributed by atoms with van der Waals surface area (Å²) in [7, 11) is 3.23. The Kier molecular flexibility index (Phi) is 8.15. The summed E-state index contributed by atoms with van der Waals surface area (Å²) in [5.41, 5.74) is -2.00. The summed E-state index contributed by atoms with van der Waals surface area (Å²) in [6.07, 6.45) is 6.89. The van der Waals surface area contributed by atoms with Crippen LogP contribution in [0.3, 0.4) is 0 Å². The summed E-state index contributed by atoms with van der Waals surface area (Å²) < 4.78 is 25.2. The normalized spacial score (nSPS) is 35.5. The Hall–Kier alpha value is -1.24. The van der Waals surface area contributed by atoms with Crippen molar-refractivity contribution in [2.45, 2.75) is 48.5 Å². The van der Waals surface area contributed by atoms with Gasteiger partial charge in [-0.25, -0.2) is 0 Å². The summed E-state index contributed by atoms with van der Waals surface area (Å²) in [5.74, 6) is 1.50. The van der Waals surface area contributed by atoms with E-state index < -0.39 is 34.6 Å². The van der Waals surface area contributed by atoms with Gasteiger partial charge in [-0.15, -0.1) is 0 Å². The predicted octanol–water partition coefficient (Wildman–Crippen LogP) is 7.22. The number of fused-ring (bicyclic) bond motifs is 4. The molecule has 6 atom stereocenters. The number of ether oxygens (including phenoxy) is 4. The molecule has 2 aromatic rings. The Labute approximate surface area is 267 Å². The monoisotopic (exact) mass is 800 g/mol. The van der Waals surface area contributed by atoms with Gasteiger partial charge in [0, 0.05) is 17.9 Å². The Morgan fingerprint density at radius 1 is 0.600 bits per heavy atom. The first-order chi connectivity index (χ1) is 18.8. The van der Waals surface area contributed by atoms with E-state index in [2.05, 4.69) is 63.7 Å². The molecule has 4 bridgehead atoms. The van der Waals surface area contributed by atoms with Crippen LogP contribution in [0, 0.1) is 0 Å². The molecule has 4 aliphatic rings. The van der Waals surface area contributed by atoms with Crippen molar-refractivity contribution in [2.75, 3.05) is 14.2 Å². The predicted molar refractivity (Wildman–Crippen MR) is 168 cm³/mol. The highest BCUT2D eigenvalue weighted by Gasteiger charge is 2.55. The topological polar surface area (TPSA) is 77.4 Å². The molecule has 4 aliphatic heterocycles. The molecule has 0 unspecified atom stereocenters. The number of hydrogen-bond acceptors (Lipinski definition) is 6. The summed E-state index contributed by atoms with van der Waals surface area (Å²) >= 11 is 14.1. The van der Waals surface area contributed by atoms with Crippen molar-refractivity contribution in [3.8, 4) is 11.5 Å². The first-order valence-electron chi connectivity index (χ1n) is 12.4. The lowest BCUT2D eigenvalue weighted by atomic mass is 9.86. The maximum absolute atomic E-state index is 11.2. The highest BCUT2D eigenvalue weighted by atomic mass is 79.9. The molecule has 0 amide bonds. The van der Waals surface area contributed by atoms with Gasteiger partial charge in [0.05, 0.1) is 14.2 Å². The molecule has 0 fully saturated rings. The zero-order valence-corrected chi connectivity index (χ0v) is 28.5. The lowest BCUT2D eigenvalue weighted by Gasteiger charge is -2.42. The van der Waals surface area contributed by atoms with E-state index >= 15 is 0 Å². The van der Waals surface area contributed by atoms with E-state index in [1.165, 1.54) is 0 Å². The standard InChI is InChI=1S/2C15H14Br2O3/c2*1-14-8-7-11(20-14)15(18,13(17)12(14)16)9-3-5-10(19-2)6-4-9/h2*3-8,11,18H,1-2H3/t2*11-,14+,15-/m00/s1. The first kappa shape index (κ1) is 30.2. The van der Waals surface area contributed by atoms with Gasteiger partial charge >= 0.3 is 0 Å². The Morgan fingerprint density at radius 3 is 1.23 bits per heavy atom. The van der Waals surface area contributed by atoms with Crippen LogP contribution in [0.15, 0.2) is 90.8 Å². The van der Waals surface area contributed by atoms with Crippen molar-refractivity contribution in [2.24, 2.45) is 0 Å². The number of methoxy groups -OCH3 is 2. The highest BCUT2D eigenvalue weighted by molar-refractivity contribution is 9.14. The summed E-state index contributed by atoms with van der Waals surface area (Å²) in [4.78, 5) is 0. The molecule has 6 nitrogen and oxygen atoms in total. The minimum Gasteiger partial charge on any atom is -0.497 e. The smallest absolute Gasteiger partial charge is 0.152 e. The average Bonchev–Trinajstić information content (AvgIpc) is 3.56. The Morgan fingerprint density at radius 2 is 0.925 bits per heavy atom. The van der Waals surface area contributed by atoms with E-state index in [9.17, 15) is 10.2 Å². The van der Waals surface area contributed by atoms with Gasteiger partial charge in [-0.1, -0.05) is 100 Å². The van der Waals surface area contributed by atoms with Gasteiger partial charge in [0.1, 0.15) is 34.9 Å². The van der Waals surface area contributed by atoms with Crippen LogP contribution in [0.2, 0.25) is 0 Å². The molecule has 40 heavy (non-hydrogen) atoms. The van der Waals surface area contributed by atoms with Gasteiger partial charge < -0.3 is 29.2 Å². The molecule has 212 valence electrons. The van der Waals surface area contributed by atoms with Crippen LogP contribution < -0.4 is 9.47 Å². The van der Waals surface area contributed by atoms with Crippen LogP contribution >= 0.6 is 63.7 Å². The fourth-order valence-corrected chi connectivity index (χ4v) is 7.97. The van der Waals surface area contributed by atoms with Gasteiger partial charge in [0.2, 0.25) is 0 Å². The van der Waals surface area contributed by atoms with Gasteiger partial charge in [-0.3, -0.25) is 0 Å². The van der Waals surface area contributed by atoms with E-state index in [4.69, 9.17) is 18.9 Å². The molecule has 0 spiro atoms. The number of halogens is 4. The van der Waals surface area contributed by atoms with E-state index in [1.807, 2.05) is 86.7 Å². The van der Waals surface area contributed by atoms with Crippen molar-refractivity contribution >= 4 is 63.7 Å². The molecule has 10 heteroatoms. The van der Waals surface area contributed by atoms with Gasteiger partial charge in [-0.2, -0.15) is 0 Å². The molecular weight excluding hydrogens is 776 g/mol. The molecule has 0 aromatic heterocycles. The van der Waals surface area contributed by atoms with E-state index in [1.54, 1.807) is 14.2 Å². The summed E-state index contributed by atoms with van der Waals surface area (Å²) in [5, 5.41) is 22.4. The summed E-state index contributed by atoms with van der Waals surface area (Å²) in [6.45, 7) is 3.92. The van der Waals surface area contributed by atoms with Gasteiger partial charge in [0.15, 0.2) is 11.2 Å². The third-order valence-electron chi connectivity index (χ3n) is 7.73. The second kappa shape index (κ2) is 10.8. The maximum Gasteiger partial charge on any atom is 0.152 e. The van der Waals surface area contributed by atoms with Gasteiger partial charge in [-0.05, 0) is 61.4 Å². The molecule has 0 aliphatic carbocycles. The minimum atomic E-state index is -1.24. The molecule has 0 saturated heterocycles. The highest BCUT2D eigenvalue weighted by Crippen LogP contribution is 2.55. The van der Waals surface area contributed by atoms with Crippen molar-refractivity contribution in [3.05, 3.63) is 102 Å². The van der Waals surface area contributed by atoms with E-state index in [0.717, 1.165) is 31.6 Å². The third-order valence-corrected chi connectivity index (χ3v) is 13.2. The van der Waals surface area contributed by atoms with Crippen LogP contribution in [-0.2, 0) is 20.7 Å². The molecular formula is C30H28Br4O6. The van der Waals surface area contributed by atoms with Gasteiger partial charge in [0.25, 0.3) is 0 Å². The first-order valence-corrected chi connectivity index (χ1v) is 15.6. The van der Waals surface area contributed by atoms with Crippen LogP contribution in [-0.4, -0.2) is 47.8 Å². The zero-order valence-electron chi connectivity index (χ0n) is 22.1. The fraction of sp³-hybridized carbons (Fsp3) is 0.333.